The summed E-state index contributed by atoms with van der Waals surface area (Å²) in [6.45, 7) is 2.48. The standard InChI is InChI=1S/C18H13Cl3N4OS/c1-2-26-16-6-4-10(7-14(16)21)15-9-27-18-23-22-17(25(18)24-15)11-3-5-12(19)13(20)8-11/h3-9,24H,2H2,1H3. The van der Waals surface area contributed by atoms with E-state index >= 15 is 0 Å². The molecule has 1 N–H and O–H groups in total. The maximum absolute atomic E-state index is 6.32. The van der Waals surface area contributed by atoms with Gasteiger partial charge in [-0.15, -0.1) is 10.2 Å². The Balaban J connectivity index is 1.66. The fraction of sp³-hybridized carbons (Fsp3) is 0.111. The molecule has 0 bridgehead atoms. The van der Waals surface area contributed by atoms with Crippen molar-refractivity contribution < 1.29 is 4.74 Å². The quantitative estimate of drug-likeness (QED) is 0.544. The number of halogens is 3. The number of benzene rings is 2. The predicted octanol–water partition coefficient (Wildman–Crippen LogP) is 5.95. The van der Waals surface area contributed by atoms with E-state index < -0.39 is 0 Å². The molecule has 0 unspecified atom stereocenters. The highest BCUT2D eigenvalue weighted by atomic mass is 35.5. The molecular formula is C18H13Cl3N4OS. The van der Waals surface area contributed by atoms with Gasteiger partial charge in [-0.3, -0.25) is 5.43 Å². The summed E-state index contributed by atoms with van der Waals surface area (Å²) < 4.78 is 7.30. The fourth-order valence-electron chi connectivity index (χ4n) is 2.60. The zero-order valence-corrected chi connectivity index (χ0v) is 17.1. The number of fused-ring (bicyclic) bond motifs is 1. The van der Waals surface area contributed by atoms with Gasteiger partial charge in [0, 0.05) is 16.5 Å². The Hall–Kier alpha value is -1.86. The first-order valence-corrected chi connectivity index (χ1v) is 10.1. The largest absolute Gasteiger partial charge is 0.492 e. The van der Waals surface area contributed by atoms with Crippen LogP contribution in [0.2, 0.25) is 15.1 Å². The average molecular weight is 440 g/mol. The van der Waals surface area contributed by atoms with Gasteiger partial charge in [0.1, 0.15) is 5.75 Å². The molecule has 0 saturated heterocycles. The maximum Gasteiger partial charge on any atom is 0.214 e. The van der Waals surface area contributed by atoms with Crippen molar-refractivity contribution in [3.05, 3.63) is 62.4 Å². The molecule has 3 aromatic rings. The van der Waals surface area contributed by atoms with E-state index in [1.165, 1.54) is 11.8 Å². The van der Waals surface area contributed by atoms with Crippen molar-refractivity contribution in [2.45, 2.75) is 12.1 Å². The van der Waals surface area contributed by atoms with Crippen LogP contribution < -0.4 is 10.2 Å². The van der Waals surface area contributed by atoms with Crippen LogP contribution in [0.3, 0.4) is 0 Å². The summed E-state index contributed by atoms with van der Waals surface area (Å²) in [6.07, 6.45) is 0. The molecule has 0 amide bonds. The van der Waals surface area contributed by atoms with Gasteiger partial charge >= 0.3 is 0 Å². The Bertz CT molecular complexity index is 1050. The molecule has 9 heteroatoms. The minimum Gasteiger partial charge on any atom is -0.492 e. The Morgan fingerprint density at radius 3 is 2.52 bits per heavy atom. The van der Waals surface area contributed by atoms with Crippen LogP contribution in [-0.4, -0.2) is 21.5 Å². The van der Waals surface area contributed by atoms with Crippen LogP contribution in [0, 0.1) is 0 Å². The molecule has 138 valence electrons. The molecular weight excluding hydrogens is 427 g/mol. The number of hydrogen-bond acceptors (Lipinski definition) is 5. The molecule has 0 radical (unpaired) electrons. The number of nitrogens with zero attached hydrogens (tertiary/aromatic N) is 3. The predicted molar refractivity (Wildman–Crippen MR) is 111 cm³/mol. The second-order valence-corrected chi connectivity index (χ2v) is 7.67. The van der Waals surface area contributed by atoms with Crippen molar-refractivity contribution >= 4 is 52.3 Å². The SMILES string of the molecule is CCOc1ccc(C2=CSc3nnc(-c4ccc(Cl)c(Cl)c4)n3N2)cc1Cl. The lowest BCUT2D eigenvalue weighted by molar-refractivity contribution is 0.340. The number of aromatic nitrogens is 3. The smallest absolute Gasteiger partial charge is 0.214 e. The van der Waals surface area contributed by atoms with Crippen LogP contribution >= 0.6 is 46.6 Å². The highest BCUT2D eigenvalue weighted by molar-refractivity contribution is 8.02. The molecule has 0 saturated carbocycles. The van der Waals surface area contributed by atoms with Gasteiger partial charge in [-0.05, 0) is 43.3 Å². The first kappa shape index (κ1) is 18.5. The van der Waals surface area contributed by atoms with Crippen LogP contribution in [0.5, 0.6) is 5.75 Å². The highest BCUT2D eigenvalue weighted by Gasteiger charge is 2.20. The van der Waals surface area contributed by atoms with Crippen molar-refractivity contribution in [3.63, 3.8) is 0 Å². The maximum atomic E-state index is 6.32. The molecule has 5 nitrogen and oxygen atoms in total. The number of ether oxygens (including phenoxy) is 1. The van der Waals surface area contributed by atoms with Crippen molar-refractivity contribution in [2.24, 2.45) is 0 Å². The average Bonchev–Trinajstić information content (AvgIpc) is 3.09. The zero-order chi connectivity index (χ0) is 19.0. The topological polar surface area (TPSA) is 52.0 Å². The summed E-state index contributed by atoms with van der Waals surface area (Å²) >= 11 is 19.9. The van der Waals surface area contributed by atoms with Crippen LogP contribution in [0.25, 0.3) is 17.1 Å². The lowest BCUT2D eigenvalue weighted by Crippen LogP contribution is -2.18. The summed E-state index contributed by atoms with van der Waals surface area (Å²) in [4.78, 5) is 0. The molecule has 0 fully saturated rings. The Morgan fingerprint density at radius 1 is 1.00 bits per heavy atom. The van der Waals surface area contributed by atoms with Crippen molar-refractivity contribution in [2.75, 3.05) is 12.0 Å². The lowest BCUT2D eigenvalue weighted by Gasteiger charge is -2.19. The monoisotopic (exact) mass is 438 g/mol. The summed E-state index contributed by atoms with van der Waals surface area (Å²) in [5.41, 5.74) is 5.94. The zero-order valence-electron chi connectivity index (χ0n) is 14.0. The van der Waals surface area contributed by atoms with Gasteiger partial charge in [0.25, 0.3) is 0 Å². The van der Waals surface area contributed by atoms with Gasteiger partial charge < -0.3 is 4.74 Å². The lowest BCUT2D eigenvalue weighted by atomic mass is 10.1. The van der Waals surface area contributed by atoms with E-state index in [0.29, 0.717) is 33.2 Å². The van der Waals surface area contributed by atoms with Gasteiger partial charge in [0.15, 0.2) is 5.82 Å². The molecule has 1 aliphatic rings. The minimum absolute atomic E-state index is 0.462. The first-order chi connectivity index (χ1) is 13.1. The Morgan fingerprint density at radius 2 is 1.78 bits per heavy atom. The van der Waals surface area contributed by atoms with E-state index in [4.69, 9.17) is 39.5 Å². The van der Waals surface area contributed by atoms with Crippen LogP contribution in [0.15, 0.2) is 47.0 Å². The van der Waals surface area contributed by atoms with Crippen LogP contribution in [-0.2, 0) is 0 Å². The normalized spacial score (nSPS) is 13.0. The summed E-state index contributed by atoms with van der Waals surface area (Å²) in [5, 5.41) is 12.7. The molecule has 2 aromatic carbocycles. The minimum atomic E-state index is 0.462. The van der Waals surface area contributed by atoms with E-state index in [0.717, 1.165) is 22.0 Å². The molecule has 1 aromatic heterocycles. The Labute approximate surface area is 175 Å². The molecule has 27 heavy (non-hydrogen) atoms. The van der Waals surface area contributed by atoms with Crippen molar-refractivity contribution in [1.29, 1.82) is 0 Å². The third-order valence-corrected chi connectivity index (χ3v) is 5.73. The fourth-order valence-corrected chi connectivity index (χ4v) is 3.87. The van der Waals surface area contributed by atoms with E-state index in [-0.39, 0.29) is 0 Å². The van der Waals surface area contributed by atoms with Crippen LogP contribution in [0.4, 0.5) is 0 Å². The second kappa shape index (κ2) is 7.64. The third kappa shape index (κ3) is 3.62. The summed E-state index contributed by atoms with van der Waals surface area (Å²) in [7, 11) is 0. The molecule has 1 aliphatic heterocycles. The van der Waals surface area contributed by atoms with Crippen molar-refractivity contribution in [3.8, 4) is 17.1 Å². The summed E-state index contributed by atoms with van der Waals surface area (Å²) in [6, 6.07) is 11.0. The number of hydrogen-bond donors (Lipinski definition) is 1. The highest BCUT2D eigenvalue weighted by Crippen LogP contribution is 2.35. The molecule has 0 spiro atoms. The van der Waals surface area contributed by atoms with Gasteiger partial charge in [-0.2, -0.15) is 0 Å². The molecule has 4 rings (SSSR count). The molecule has 2 heterocycles. The van der Waals surface area contributed by atoms with Gasteiger partial charge in [0.2, 0.25) is 5.16 Å². The molecule has 0 atom stereocenters. The number of nitrogens with one attached hydrogen (secondary N) is 1. The first-order valence-electron chi connectivity index (χ1n) is 8.04. The number of rotatable bonds is 4. The summed E-state index contributed by atoms with van der Waals surface area (Å²) in [5.74, 6) is 1.30. The second-order valence-electron chi connectivity index (χ2n) is 5.61. The van der Waals surface area contributed by atoms with Gasteiger partial charge in [-0.1, -0.05) is 46.6 Å². The number of thioether (sulfide) groups is 1. The van der Waals surface area contributed by atoms with Gasteiger partial charge in [-0.25, -0.2) is 4.68 Å². The van der Waals surface area contributed by atoms with Crippen LogP contribution in [0.1, 0.15) is 12.5 Å². The third-order valence-electron chi connectivity index (χ3n) is 3.87. The van der Waals surface area contributed by atoms with E-state index in [1.807, 2.05) is 41.3 Å². The van der Waals surface area contributed by atoms with Crippen molar-refractivity contribution in [1.82, 2.24) is 14.9 Å². The Kier molecular flexibility index (Phi) is 5.23. The van der Waals surface area contributed by atoms with E-state index in [1.54, 1.807) is 12.1 Å². The van der Waals surface area contributed by atoms with E-state index in [2.05, 4.69) is 15.6 Å². The molecule has 0 aliphatic carbocycles. The van der Waals surface area contributed by atoms with E-state index in [9.17, 15) is 0 Å². The van der Waals surface area contributed by atoms with Gasteiger partial charge in [0.05, 0.1) is 27.4 Å².